The van der Waals surface area contributed by atoms with E-state index in [1.165, 1.54) is 24.3 Å². The molecule has 0 atom stereocenters. The monoisotopic (exact) mass is 444 g/mol. The van der Waals surface area contributed by atoms with Crippen LogP contribution >= 0.6 is 12.2 Å². The number of hydrogen-bond donors (Lipinski definition) is 4. The number of nitrogens with one attached hydrogen (secondary N) is 2. The van der Waals surface area contributed by atoms with Crippen molar-refractivity contribution >= 4 is 37.6 Å². The van der Waals surface area contributed by atoms with E-state index in [4.69, 9.17) is 21.3 Å². The van der Waals surface area contributed by atoms with Crippen LogP contribution in [0.4, 0.5) is 0 Å². The van der Waals surface area contributed by atoms with Crippen LogP contribution in [0.3, 0.4) is 0 Å². The molecule has 152 valence electrons. The maximum absolute atomic E-state index is 11.0. The van der Waals surface area contributed by atoms with Crippen LogP contribution in [0.5, 0.6) is 0 Å². The fourth-order valence-corrected chi connectivity index (χ4v) is 3.52. The highest BCUT2D eigenvalue weighted by Gasteiger charge is 2.09. The second-order valence-corrected chi connectivity index (χ2v) is 9.17. The maximum atomic E-state index is 11.0. The molecular weight excluding hydrogens is 424 g/mol. The molecule has 0 saturated heterocycles. The fourth-order valence-electron chi connectivity index (χ4n) is 2.36. The smallest absolute Gasteiger partial charge is 0.294 e. The Bertz CT molecular complexity index is 934. The quantitative estimate of drug-likeness (QED) is 0.352. The molecule has 2 rings (SSSR count). The molecule has 0 radical (unpaired) electrons. The number of benzene rings is 2. The van der Waals surface area contributed by atoms with Crippen molar-refractivity contribution in [3.05, 3.63) is 59.7 Å². The average molecular weight is 445 g/mol. The lowest BCUT2D eigenvalue weighted by atomic mass is 10.1. The molecule has 0 spiro atoms. The van der Waals surface area contributed by atoms with Gasteiger partial charge in [0, 0.05) is 13.1 Å². The summed E-state index contributed by atoms with van der Waals surface area (Å²) >= 11 is 5.18. The van der Waals surface area contributed by atoms with Gasteiger partial charge in [0.1, 0.15) is 0 Å². The molecule has 0 bridgehead atoms. The molecule has 0 aliphatic carbocycles. The third kappa shape index (κ3) is 7.17. The predicted molar refractivity (Wildman–Crippen MR) is 109 cm³/mol. The lowest BCUT2D eigenvalue weighted by Gasteiger charge is -2.11. The zero-order valence-corrected chi connectivity index (χ0v) is 17.1. The highest BCUT2D eigenvalue weighted by molar-refractivity contribution is 7.86. The van der Waals surface area contributed by atoms with Crippen LogP contribution in [0.15, 0.2) is 58.3 Å². The molecule has 2 aromatic rings. The van der Waals surface area contributed by atoms with Gasteiger partial charge >= 0.3 is 0 Å². The summed E-state index contributed by atoms with van der Waals surface area (Å²) in [6, 6.07) is 11.9. The summed E-state index contributed by atoms with van der Waals surface area (Å²) in [5.41, 5.74) is 1.78. The van der Waals surface area contributed by atoms with Gasteiger partial charge in [-0.15, -0.1) is 0 Å². The topological polar surface area (TPSA) is 133 Å². The Kier molecular flexibility index (Phi) is 7.49. The van der Waals surface area contributed by atoms with Gasteiger partial charge in [0.15, 0.2) is 5.11 Å². The van der Waals surface area contributed by atoms with Gasteiger partial charge in [-0.05, 0) is 60.5 Å². The molecule has 0 heterocycles. The SMILES string of the molecule is O=S(=O)(O)c1ccc(CCNC(=S)NCCc2ccc(S(=O)(=O)O)cc2)cc1. The van der Waals surface area contributed by atoms with Gasteiger partial charge in [-0.3, -0.25) is 9.11 Å². The molecule has 2 aromatic carbocycles. The number of rotatable bonds is 8. The van der Waals surface area contributed by atoms with Crippen LogP contribution in [0.1, 0.15) is 11.1 Å². The van der Waals surface area contributed by atoms with Crippen LogP contribution < -0.4 is 10.6 Å². The zero-order chi connectivity index (χ0) is 20.8. The van der Waals surface area contributed by atoms with E-state index in [0.29, 0.717) is 31.0 Å². The molecule has 0 fully saturated rings. The normalized spacial score (nSPS) is 11.8. The lowest BCUT2D eigenvalue weighted by Crippen LogP contribution is -2.37. The van der Waals surface area contributed by atoms with E-state index in [1.807, 2.05) is 0 Å². The van der Waals surface area contributed by atoms with Gasteiger partial charge in [0.25, 0.3) is 20.2 Å². The number of hydrogen-bond acceptors (Lipinski definition) is 5. The van der Waals surface area contributed by atoms with Gasteiger partial charge in [-0.1, -0.05) is 24.3 Å². The maximum Gasteiger partial charge on any atom is 0.294 e. The van der Waals surface area contributed by atoms with Crippen LogP contribution in [0.25, 0.3) is 0 Å². The summed E-state index contributed by atoms with van der Waals surface area (Å²) in [4.78, 5) is -0.294. The van der Waals surface area contributed by atoms with Gasteiger partial charge in [0.2, 0.25) is 0 Å². The van der Waals surface area contributed by atoms with Crippen molar-refractivity contribution < 1.29 is 25.9 Å². The van der Waals surface area contributed by atoms with Crippen molar-refractivity contribution in [1.82, 2.24) is 10.6 Å². The van der Waals surface area contributed by atoms with Crippen molar-refractivity contribution in [2.45, 2.75) is 22.6 Å². The summed E-state index contributed by atoms with van der Waals surface area (Å²) in [5.74, 6) is 0. The Labute approximate surface area is 169 Å². The van der Waals surface area contributed by atoms with Crippen molar-refractivity contribution in [3.8, 4) is 0 Å². The van der Waals surface area contributed by atoms with E-state index in [0.717, 1.165) is 11.1 Å². The second kappa shape index (κ2) is 9.43. The van der Waals surface area contributed by atoms with E-state index >= 15 is 0 Å². The van der Waals surface area contributed by atoms with E-state index < -0.39 is 20.2 Å². The summed E-state index contributed by atoms with van der Waals surface area (Å²) in [5, 5.41) is 6.53. The molecule has 8 nitrogen and oxygen atoms in total. The van der Waals surface area contributed by atoms with E-state index in [2.05, 4.69) is 10.6 Å². The van der Waals surface area contributed by atoms with Crippen LogP contribution in [-0.4, -0.2) is 44.1 Å². The molecule has 0 aliphatic rings. The first-order valence-corrected chi connectivity index (χ1v) is 11.5. The lowest BCUT2D eigenvalue weighted by molar-refractivity contribution is 0.481. The van der Waals surface area contributed by atoms with E-state index in [-0.39, 0.29) is 9.79 Å². The largest absolute Gasteiger partial charge is 0.362 e. The van der Waals surface area contributed by atoms with Crippen molar-refractivity contribution in [2.75, 3.05) is 13.1 Å². The first kappa shape index (κ1) is 22.2. The molecule has 0 unspecified atom stereocenters. The third-order valence-electron chi connectivity index (χ3n) is 3.84. The van der Waals surface area contributed by atoms with Crippen LogP contribution in [0, 0.1) is 0 Å². The number of thiocarbonyl (C=S) groups is 1. The van der Waals surface area contributed by atoms with Gasteiger partial charge in [0.05, 0.1) is 9.79 Å². The van der Waals surface area contributed by atoms with Gasteiger partial charge in [-0.2, -0.15) is 16.8 Å². The Balaban J connectivity index is 1.70. The van der Waals surface area contributed by atoms with Crippen molar-refractivity contribution in [2.24, 2.45) is 0 Å². The summed E-state index contributed by atoms with van der Waals surface area (Å²) in [6.45, 7) is 1.08. The highest BCUT2D eigenvalue weighted by Crippen LogP contribution is 2.11. The third-order valence-corrected chi connectivity index (χ3v) is 5.87. The Morgan fingerprint density at radius 3 is 1.32 bits per heavy atom. The van der Waals surface area contributed by atoms with E-state index in [9.17, 15) is 16.8 Å². The van der Waals surface area contributed by atoms with E-state index in [1.54, 1.807) is 24.3 Å². The fraction of sp³-hybridized carbons (Fsp3) is 0.235. The van der Waals surface area contributed by atoms with Gasteiger partial charge < -0.3 is 10.6 Å². The minimum absolute atomic E-state index is 0.147. The average Bonchev–Trinajstić information content (AvgIpc) is 2.61. The molecule has 0 aromatic heterocycles. The minimum Gasteiger partial charge on any atom is -0.362 e. The molecule has 0 aliphatic heterocycles. The Hall–Kier alpha value is -2.05. The van der Waals surface area contributed by atoms with Crippen LogP contribution in [0.2, 0.25) is 0 Å². The zero-order valence-electron chi connectivity index (χ0n) is 14.7. The molecule has 28 heavy (non-hydrogen) atoms. The van der Waals surface area contributed by atoms with Crippen LogP contribution in [-0.2, 0) is 33.1 Å². The predicted octanol–water partition coefficient (Wildman–Crippen LogP) is 1.43. The minimum atomic E-state index is -4.19. The van der Waals surface area contributed by atoms with Crippen molar-refractivity contribution in [1.29, 1.82) is 0 Å². The summed E-state index contributed by atoms with van der Waals surface area (Å²) in [6.07, 6.45) is 1.23. The summed E-state index contributed by atoms with van der Waals surface area (Å²) < 4.78 is 61.8. The molecular formula is C17H20N2O6S3. The Morgan fingerprint density at radius 1 is 0.714 bits per heavy atom. The summed E-state index contributed by atoms with van der Waals surface area (Å²) in [7, 11) is -8.37. The first-order chi connectivity index (χ1) is 13.1. The molecule has 0 amide bonds. The first-order valence-electron chi connectivity index (χ1n) is 8.20. The second-order valence-electron chi connectivity index (χ2n) is 5.92. The standard InChI is InChI=1S/C17H20N2O6S3/c20-27(21,22)15-5-1-13(2-6-15)9-11-18-17(26)19-12-10-14-3-7-16(8-4-14)28(23,24)25/h1-8H,9-12H2,(H2,18,19,26)(H,20,21,22)(H,23,24,25). The Morgan fingerprint density at radius 2 is 1.04 bits per heavy atom. The molecule has 4 N–H and O–H groups in total. The van der Waals surface area contributed by atoms with Crippen molar-refractivity contribution in [3.63, 3.8) is 0 Å². The van der Waals surface area contributed by atoms with Gasteiger partial charge in [-0.25, -0.2) is 0 Å². The molecule has 11 heteroatoms. The molecule has 0 saturated carbocycles. The highest BCUT2D eigenvalue weighted by atomic mass is 32.2.